The van der Waals surface area contributed by atoms with E-state index < -0.39 is 0 Å². The second-order valence-corrected chi connectivity index (χ2v) is 6.78. The highest BCUT2D eigenvalue weighted by Gasteiger charge is 2.29. The smallest absolute Gasteiger partial charge is 0.164 e. The summed E-state index contributed by atoms with van der Waals surface area (Å²) in [4.78, 5) is 13.2. The van der Waals surface area contributed by atoms with Crippen molar-refractivity contribution in [3.63, 3.8) is 0 Å². The number of aryl methyl sites for hydroxylation is 1. The van der Waals surface area contributed by atoms with Gasteiger partial charge in [0.1, 0.15) is 11.5 Å². The average molecular weight is 338 g/mol. The second-order valence-electron chi connectivity index (χ2n) is 6.78. The molecule has 5 rings (SSSR count). The summed E-state index contributed by atoms with van der Waals surface area (Å²) < 4.78 is 6.11. The van der Waals surface area contributed by atoms with Gasteiger partial charge in [-0.3, -0.25) is 4.79 Å². The van der Waals surface area contributed by atoms with Crippen LogP contribution in [0.2, 0.25) is 0 Å². The third kappa shape index (κ3) is 2.30. The Morgan fingerprint density at radius 3 is 1.88 bits per heavy atom. The number of ether oxygens (including phenoxy) is 1. The minimum atomic E-state index is 0.219. The number of allylic oxidation sites excluding steroid dienone is 1. The van der Waals surface area contributed by atoms with E-state index in [1.54, 1.807) is 0 Å². The van der Waals surface area contributed by atoms with Gasteiger partial charge in [-0.1, -0.05) is 60.7 Å². The average Bonchev–Trinajstić information content (AvgIpc) is 2.84. The fourth-order valence-electron chi connectivity index (χ4n) is 4.03. The largest absolute Gasteiger partial charge is 0.456 e. The molecule has 0 amide bonds. The van der Waals surface area contributed by atoms with Crippen molar-refractivity contribution in [3.05, 3.63) is 95.1 Å². The van der Waals surface area contributed by atoms with Gasteiger partial charge in [-0.25, -0.2) is 0 Å². The van der Waals surface area contributed by atoms with Crippen LogP contribution in [-0.2, 0) is 11.2 Å². The van der Waals surface area contributed by atoms with E-state index in [2.05, 4.69) is 18.2 Å². The molecule has 0 saturated carbocycles. The van der Waals surface area contributed by atoms with E-state index in [9.17, 15) is 4.79 Å². The summed E-state index contributed by atoms with van der Waals surface area (Å²) in [7, 11) is 0. The molecule has 1 aliphatic heterocycles. The predicted octanol–water partition coefficient (Wildman–Crippen LogP) is 5.66. The lowest BCUT2D eigenvalue weighted by molar-refractivity contribution is -0.113. The van der Waals surface area contributed by atoms with Gasteiger partial charge in [-0.15, -0.1) is 0 Å². The third-order valence-corrected chi connectivity index (χ3v) is 5.20. The minimum absolute atomic E-state index is 0.219. The molecule has 0 atom stereocenters. The van der Waals surface area contributed by atoms with E-state index in [1.807, 2.05) is 54.6 Å². The van der Waals surface area contributed by atoms with Crippen molar-refractivity contribution in [2.45, 2.75) is 19.3 Å². The SMILES string of the molecule is O=C1CCCc2ccccc2C1=C1c2ccccc2Oc2ccccc21. The summed E-state index contributed by atoms with van der Waals surface area (Å²) in [6, 6.07) is 24.3. The van der Waals surface area contributed by atoms with Gasteiger partial charge in [-0.05, 0) is 36.1 Å². The Hall–Kier alpha value is -3.13. The van der Waals surface area contributed by atoms with Crippen LogP contribution >= 0.6 is 0 Å². The number of fused-ring (bicyclic) bond motifs is 3. The van der Waals surface area contributed by atoms with Crippen molar-refractivity contribution >= 4 is 16.9 Å². The van der Waals surface area contributed by atoms with Crippen LogP contribution in [0.3, 0.4) is 0 Å². The molecule has 0 unspecified atom stereocenters. The van der Waals surface area contributed by atoms with Crippen LogP contribution in [-0.4, -0.2) is 5.78 Å². The van der Waals surface area contributed by atoms with Crippen molar-refractivity contribution in [3.8, 4) is 11.5 Å². The van der Waals surface area contributed by atoms with E-state index in [-0.39, 0.29) is 5.78 Å². The van der Waals surface area contributed by atoms with Gasteiger partial charge < -0.3 is 4.74 Å². The first-order valence-electron chi connectivity index (χ1n) is 9.05. The molecule has 0 fully saturated rings. The van der Waals surface area contributed by atoms with Crippen molar-refractivity contribution < 1.29 is 9.53 Å². The molecular formula is C24H18O2. The van der Waals surface area contributed by atoms with Crippen LogP contribution in [0.4, 0.5) is 0 Å². The number of benzene rings is 3. The van der Waals surface area contributed by atoms with Crippen molar-refractivity contribution in [1.82, 2.24) is 0 Å². The normalized spacial score (nSPS) is 15.5. The zero-order valence-electron chi connectivity index (χ0n) is 14.4. The lowest BCUT2D eigenvalue weighted by Gasteiger charge is -2.25. The molecular weight excluding hydrogens is 320 g/mol. The van der Waals surface area contributed by atoms with Gasteiger partial charge >= 0.3 is 0 Å². The number of hydrogen-bond donors (Lipinski definition) is 0. The zero-order valence-corrected chi connectivity index (χ0v) is 14.4. The van der Waals surface area contributed by atoms with Crippen molar-refractivity contribution in [2.24, 2.45) is 0 Å². The number of Topliss-reactive ketones (excluding diaryl/α,β-unsaturated/α-hetero) is 1. The lowest BCUT2D eigenvalue weighted by Crippen LogP contribution is -2.09. The molecule has 2 heteroatoms. The number of hydrogen-bond acceptors (Lipinski definition) is 2. The van der Waals surface area contributed by atoms with E-state index in [4.69, 9.17) is 4.74 Å². The maximum Gasteiger partial charge on any atom is 0.164 e. The van der Waals surface area contributed by atoms with Crippen molar-refractivity contribution in [1.29, 1.82) is 0 Å². The van der Waals surface area contributed by atoms with Crippen LogP contribution in [0.15, 0.2) is 72.8 Å². The minimum Gasteiger partial charge on any atom is -0.456 e. The monoisotopic (exact) mass is 338 g/mol. The van der Waals surface area contributed by atoms with Gasteiger partial charge in [0, 0.05) is 28.7 Å². The summed E-state index contributed by atoms with van der Waals surface area (Å²) in [5, 5.41) is 0. The van der Waals surface area contributed by atoms with Crippen LogP contribution < -0.4 is 4.74 Å². The quantitative estimate of drug-likeness (QED) is 0.306. The Morgan fingerprint density at radius 1 is 0.615 bits per heavy atom. The maximum absolute atomic E-state index is 13.2. The molecule has 1 heterocycles. The van der Waals surface area contributed by atoms with Crippen LogP contribution in [0, 0.1) is 0 Å². The molecule has 0 saturated heterocycles. The van der Waals surface area contributed by atoms with Crippen LogP contribution in [0.5, 0.6) is 11.5 Å². The maximum atomic E-state index is 13.2. The molecule has 0 spiro atoms. The standard InChI is InChI=1S/C24H18O2/c25-20-13-7-9-16-8-1-2-10-17(16)24(20)23-18-11-3-5-14-21(18)26-22-15-6-4-12-19(22)23/h1-6,8,10-12,14-15H,7,9,13H2. The second kappa shape index (κ2) is 5.99. The first kappa shape index (κ1) is 15.2. The lowest BCUT2D eigenvalue weighted by atomic mass is 9.84. The number of para-hydroxylation sites is 2. The Kier molecular flexibility index (Phi) is 3.49. The molecule has 0 radical (unpaired) electrons. The van der Waals surface area contributed by atoms with Gasteiger partial charge in [-0.2, -0.15) is 0 Å². The molecule has 2 nitrogen and oxygen atoms in total. The van der Waals surface area contributed by atoms with E-state index in [0.29, 0.717) is 6.42 Å². The number of ketones is 1. The first-order valence-corrected chi connectivity index (χ1v) is 9.05. The Bertz CT molecular complexity index is 1010. The van der Waals surface area contributed by atoms with Gasteiger partial charge in [0.15, 0.2) is 5.78 Å². The van der Waals surface area contributed by atoms with Crippen LogP contribution in [0.25, 0.3) is 11.1 Å². The highest BCUT2D eigenvalue weighted by Crippen LogP contribution is 2.47. The van der Waals surface area contributed by atoms with Gasteiger partial charge in [0.05, 0.1) is 0 Å². The number of carbonyl (C=O) groups excluding carboxylic acids is 1. The molecule has 0 aromatic heterocycles. The molecule has 0 N–H and O–H groups in total. The summed E-state index contributed by atoms with van der Waals surface area (Å²) in [6.07, 6.45) is 2.42. The fraction of sp³-hybridized carbons (Fsp3) is 0.125. The highest BCUT2D eigenvalue weighted by molar-refractivity contribution is 6.31. The van der Waals surface area contributed by atoms with Gasteiger partial charge in [0.25, 0.3) is 0 Å². The predicted molar refractivity (Wildman–Crippen MR) is 103 cm³/mol. The Labute approximate surface area is 152 Å². The molecule has 0 bridgehead atoms. The number of rotatable bonds is 0. The van der Waals surface area contributed by atoms with Gasteiger partial charge in [0.2, 0.25) is 0 Å². The fourth-order valence-corrected chi connectivity index (χ4v) is 4.03. The Balaban J connectivity index is 1.91. The molecule has 3 aromatic carbocycles. The first-order chi connectivity index (χ1) is 12.8. The molecule has 1 aliphatic carbocycles. The third-order valence-electron chi connectivity index (χ3n) is 5.20. The summed E-state index contributed by atoms with van der Waals surface area (Å²) >= 11 is 0. The Morgan fingerprint density at radius 2 is 1.19 bits per heavy atom. The topological polar surface area (TPSA) is 26.3 Å². The zero-order chi connectivity index (χ0) is 17.5. The molecule has 26 heavy (non-hydrogen) atoms. The molecule has 126 valence electrons. The van der Waals surface area contributed by atoms with E-state index in [0.717, 1.165) is 52.2 Å². The summed E-state index contributed by atoms with van der Waals surface area (Å²) in [5.41, 5.74) is 6.14. The van der Waals surface area contributed by atoms with E-state index >= 15 is 0 Å². The summed E-state index contributed by atoms with van der Waals surface area (Å²) in [6.45, 7) is 0. The summed E-state index contributed by atoms with van der Waals surface area (Å²) in [5.74, 6) is 1.84. The molecule has 2 aliphatic rings. The number of carbonyl (C=O) groups is 1. The van der Waals surface area contributed by atoms with Crippen LogP contribution in [0.1, 0.15) is 35.1 Å². The van der Waals surface area contributed by atoms with Crippen molar-refractivity contribution in [2.75, 3.05) is 0 Å². The van der Waals surface area contributed by atoms with E-state index in [1.165, 1.54) is 5.56 Å². The molecule has 3 aromatic rings. The highest BCUT2D eigenvalue weighted by atomic mass is 16.5.